The summed E-state index contributed by atoms with van der Waals surface area (Å²) in [4.78, 5) is 16.9. The molecule has 0 saturated carbocycles. The van der Waals surface area contributed by atoms with Gasteiger partial charge in [-0.3, -0.25) is 9.69 Å². The van der Waals surface area contributed by atoms with Crippen molar-refractivity contribution < 1.29 is 4.79 Å². The molecule has 0 spiro atoms. The molecule has 0 bridgehead atoms. The van der Waals surface area contributed by atoms with Gasteiger partial charge in [-0.1, -0.05) is 11.6 Å². The Morgan fingerprint density at radius 2 is 2.33 bits per heavy atom. The van der Waals surface area contributed by atoms with Crippen LogP contribution in [0.1, 0.15) is 25.3 Å². The van der Waals surface area contributed by atoms with E-state index in [0.29, 0.717) is 22.2 Å². The molecule has 1 N–H and O–H groups in total. The first-order valence-corrected chi connectivity index (χ1v) is 8.67. The maximum absolute atomic E-state index is 12.5. The molecule has 24 heavy (non-hydrogen) atoms. The number of benzene rings is 1. The van der Waals surface area contributed by atoms with Crippen LogP contribution in [0.2, 0.25) is 5.02 Å². The number of rotatable bonds is 5. The van der Waals surface area contributed by atoms with Crippen LogP contribution in [0.3, 0.4) is 0 Å². The zero-order valence-corrected chi connectivity index (χ0v) is 15.3. The summed E-state index contributed by atoms with van der Waals surface area (Å²) in [6.45, 7) is 5.07. The van der Waals surface area contributed by atoms with Gasteiger partial charge >= 0.3 is 0 Å². The fourth-order valence-corrected chi connectivity index (χ4v) is 3.34. The lowest BCUT2D eigenvalue weighted by Gasteiger charge is -2.34. The van der Waals surface area contributed by atoms with Crippen molar-refractivity contribution in [2.45, 2.75) is 25.8 Å². The Balaban J connectivity index is 1.91. The quantitative estimate of drug-likeness (QED) is 0.888. The topological polar surface area (TPSA) is 59.4 Å². The summed E-state index contributed by atoms with van der Waals surface area (Å²) in [6.07, 6.45) is 2.44. The second-order valence-electron chi connectivity index (χ2n) is 6.68. The number of hydrogen-bond donors (Lipinski definition) is 1. The van der Waals surface area contributed by atoms with Crippen LogP contribution < -0.4 is 5.32 Å². The lowest BCUT2D eigenvalue weighted by Crippen LogP contribution is -2.45. The van der Waals surface area contributed by atoms with Gasteiger partial charge in [0.2, 0.25) is 5.91 Å². The van der Waals surface area contributed by atoms with Gasteiger partial charge in [0.25, 0.3) is 0 Å². The van der Waals surface area contributed by atoms with Crippen molar-refractivity contribution in [2.75, 3.05) is 39.0 Å². The van der Waals surface area contributed by atoms with E-state index < -0.39 is 0 Å². The first-order valence-electron chi connectivity index (χ1n) is 8.30. The van der Waals surface area contributed by atoms with Crippen molar-refractivity contribution in [1.29, 1.82) is 5.26 Å². The Morgan fingerprint density at radius 3 is 2.96 bits per heavy atom. The van der Waals surface area contributed by atoms with Crippen LogP contribution >= 0.6 is 11.6 Å². The number of hydrogen-bond acceptors (Lipinski definition) is 4. The van der Waals surface area contributed by atoms with Gasteiger partial charge in [-0.15, -0.1) is 0 Å². The van der Waals surface area contributed by atoms with Crippen molar-refractivity contribution in [2.24, 2.45) is 5.92 Å². The zero-order valence-electron chi connectivity index (χ0n) is 14.6. The number of piperidine rings is 1. The minimum atomic E-state index is -0.230. The average molecular weight is 349 g/mol. The molecule has 5 nitrogen and oxygen atoms in total. The molecule has 2 rings (SSSR count). The molecule has 1 fully saturated rings. The molecular formula is C18H25ClN4O. The number of halogens is 1. The predicted octanol–water partition coefficient (Wildman–Crippen LogP) is 2.81. The molecule has 1 saturated heterocycles. The van der Waals surface area contributed by atoms with E-state index >= 15 is 0 Å². The van der Waals surface area contributed by atoms with Crippen LogP contribution in [0.15, 0.2) is 18.2 Å². The highest BCUT2D eigenvalue weighted by Crippen LogP contribution is 2.21. The fraction of sp³-hybridized carbons (Fsp3) is 0.556. The summed E-state index contributed by atoms with van der Waals surface area (Å²) >= 11 is 6.01. The van der Waals surface area contributed by atoms with E-state index in [1.54, 1.807) is 18.2 Å². The maximum atomic E-state index is 12.5. The van der Waals surface area contributed by atoms with E-state index in [4.69, 9.17) is 16.9 Å². The molecule has 0 aliphatic carbocycles. The van der Waals surface area contributed by atoms with E-state index in [1.165, 1.54) is 12.8 Å². The van der Waals surface area contributed by atoms with Crippen molar-refractivity contribution in [3.8, 4) is 6.07 Å². The number of carbonyl (C=O) groups excluding carboxylic acids is 1. The molecule has 2 atom stereocenters. The number of nitrogens with one attached hydrogen (secondary N) is 1. The van der Waals surface area contributed by atoms with Gasteiger partial charge in [0.15, 0.2) is 0 Å². The van der Waals surface area contributed by atoms with Crippen LogP contribution in [0.25, 0.3) is 0 Å². The highest BCUT2D eigenvalue weighted by atomic mass is 35.5. The molecule has 130 valence electrons. The Labute approximate surface area is 149 Å². The van der Waals surface area contributed by atoms with Crippen LogP contribution in [-0.2, 0) is 4.79 Å². The van der Waals surface area contributed by atoms with E-state index in [1.807, 2.05) is 20.0 Å². The van der Waals surface area contributed by atoms with E-state index in [9.17, 15) is 4.79 Å². The number of likely N-dealkylation sites (N-methyl/N-ethyl adjacent to an activating group) is 1. The van der Waals surface area contributed by atoms with Crippen molar-refractivity contribution in [3.63, 3.8) is 0 Å². The van der Waals surface area contributed by atoms with Crippen molar-refractivity contribution >= 4 is 23.2 Å². The molecule has 1 amide bonds. The highest BCUT2D eigenvalue weighted by molar-refractivity contribution is 6.32. The zero-order chi connectivity index (χ0) is 17.7. The van der Waals surface area contributed by atoms with E-state index in [-0.39, 0.29) is 11.9 Å². The van der Waals surface area contributed by atoms with Gasteiger partial charge in [0.1, 0.15) is 6.07 Å². The standard InChI is InChI=1S/C18H25ClN4O/c1-13(23(3)12-14-5-4-8-22(2)11-14)18(24)21-16-7-6-15(10-20)17(19)9-16/h6-7,9,13-14H,4-5,8,11-12H2,1-3H3,(H,21,24)/t13-,14+/m1/s1. The second-order valence-corrected chi connectivity index (χ2v) is 7.09. The summed E-state index contributed by atoms with van der Waals surface area (Å²) in [5, 5.41) is 12.1. The Morgan fingerprint density at radius 1 is 1.58 bits per heavy atom. The summed E-state index contributed by atoms with van der Waals surface area (Å²) in [5.74, 6) is 0.538. The minimum absolute atomic E-state index is 0.0672. The lowest BCUT2D eigenvalue weighted by atomic mass is 9.97. The number of nitrogens with zero attached hydrogens (tertiary/aromatic N) is 3. The van der Waals surface area contributed by atoms with E-state index in [2.05, 4.69) is 22.2 Å². The third-order valence-corrected chi connectivity index (χ3v) is 4.98. The normalized spacial score (nSPS) is 19.8. The number of carbonyl (C=O) groups is 1. The Bertz CT molecular complexity index is 628. The van der Waals surface area contributed by atoms with Gasteiger partial charge in [0.05, 0.1) is 16.6 Å². The van der Waals surface area contributed by atoms with Gasteiger partial charge < -0.3 is 10.2 Å². The summed E-state index contributed by atoms with van der Waals surface area (Å²) in [7, 11) is 4.14. The first-order chi connectivity index (χ1) is 11.4. The summed E-state index contributed by atoms with van der Waals surface area (Å²) in [6, 6.07) is 6.71. The largest absolute Gasteiger partial charge is 0.325 e. The van der Waals surface area contributed by atoms with Crippen LogP contribution in [0.5, 0.6) is 0 Å². The molecule has 6 heteroatoms. The monoisotopic (exact) mass is 348 g/mol. The molecule has 0 unspecified atom stereocenters. The molecule has 1 aliphatic heterocycles. The van der Waals surface area contributed by atoms with E-state index in [0.717, 1.165) is 19.6 Å². The van der Waals surface area contributed by atoms with Crippen molar-refractivity contribution in [1.82, 2.24) is 9.80 Å². The average Bonchev–Trinajstić information content (AvgIpc) is 2.54. The van der Waals surface area contributed by atoms with Crippen LogP contribution in [0, 0.1) is 17.2 Å². The minimum Gasteiger partial charge on any atom is -0.325 e. The lowest BCUT2D eigenvalue weighted by molar-refractivity contribution is -0.120. The smallest absolute Gasteiger partial charge is 0.241 e. The molecule has 1 heterocycles. The summed E-state index contributed by atoms with van der Waals surface area (Å²) in [5.41, 5.74) is 1.02. The maximum Gasteiger partial charge on any atom is 0.241 e. The van der Waals surface area contributed by atoms with Gasteiger partial charge in [-0.25, -0.2) is 0 Å². The molecule has 1 aliphatic rings. The molecule has 0 aromatic heterocycles. The Hall–Kier alpha value is -1.61. The summed E-state index contributed by atoms with van der Waals surface area (Å²) < 4.78 is 0. The Kier molecular flexibility index (Phi) is 6.61. The predicted molar refractivity (Wildman–Crippen MR) is 97.1 cm³/mol. The van der Waals surface area contributed by atoms with Crippen molar-refractivity contribution in [3.05, 3.63) is 28.8 Å². The number of likely N-dealkylation sites (tertiary alicyclic amines) is 1. The third-order valence-electron chi connectivity index (χ3n) is 4.67. The molecule has 0 radical (unpaired) electrons. The third kappa shape index (κ3) is 4.94. The van der Waals surface area contributed by atoms with Gasteiger partial charge in [0, 0.05) is 18.8 Å². The number of nitriles is 1. The van der Waals surface area contributed by atoms with Gasteiger partial charge in [-0.05, 0) is 64.5 Å². The fourth-order valence-electron chi connectivity index (χ4n) is 3.12. The van der Waals surface area contributed by atoms with Crippen LogP contribution in [0.4, 0.5) is 5.69 Å². The molecule has 1 aromatic carbocycles. The van der Waals surface area contributed by atoms with Crippen LogP contribution in [-0.4, -0.2) is 55.5 Å². The van der Waals surface area contributed by atoms with Gasteiger partial charge in [-0.2, -0.15) is 5.26 Å². The number of anilines is 1. The first kappa shape index (κ1) is 18.7. The SMILES string of the molecule is C[C@H](C(=O)Nc1ccc(C#N)c(Cl)c1)N(C)C[C@H]1CCCN(C)C1. The molecular weight excluding hydrogens is 324 g/mol. The second kappa shape index (κ2) is 8.48. The highest BCUT2D eigenvalue weighted by Gasteiger charge is 2.24. The number of amides is 1. The molecule has 1 aromatic rings.